The van der Waals surface area contributed by atoms with Crippen LogP contribution in [0.4, 0.5) is 0 Å². The SMILES string of the molecule is CC(C)c1ccccc1OC1CCCCC1C#N. The van der Waals surface area contributed by atoms with Crippen LogP contribution < -0.4 is 4.74 Å². The maximum atomic E-state index is 9.19. The zero-order chi connectivity index (χ0) is 13.0. The first-order chi connectivity index (χ1) is 8.72. The van der Waals surface area contributed by atoms with Crippen LogP contribution in [0.25, 0.3) is 0 Å². The predicted molar refractivity (Wildman–Crippen MR) is 72.5 cm³/mol. The molecule has 1 saturated carbocycles. The number of para-hydroxylation sites is 1. The van der Waals surface area contributed by atoms with Gasteiger partial charge in [0.05, 0.1) is 12.0 Å². The average molecular weight is 243 g/mol. The zero-order valence-corrected chi connectivity index (χ0v) is 11.2. The molecule has 0 spiro atoms. The van der Waals surface area contributed by atoms with Crippen LogP contribution in [0.3, 0.4) is 0 Å². The predicted octanol–water partition coefficient (Wildman–Crippen LogP) is 4.27. The summed E-state index contributed by atoms with van der Waals surface area (Å²) in [6.07, 6.45) is 4.38. The summed E-state index contributed by atoms with van der Waals surface area (Å²) in [7, 11) is 0. The van der Waals surface area contributed by atoms with Gasteiger partial charge in [-0.3, -0.25) is 0 Å². The van der Waals surface area contributed by atoms with Crippen molar-refractivity contribution in [3.63, 3.8) is 0 Å². The molecular weight excluding hydrogens is 222 g/mol. The minimum atomic E-state index is 0.0546. The number of benzene rings is 1. The second-order valence-electron chi connectivity index (χ2n) is 5.37. The molecule has 0 aliphatic heterocycles. The summed E-state index contributed by atoms with van der Waals surface area (Å²) in [5, 5.41) is 9.19. The third kappa shape index (κ3) is 2.85. The molecule has 2 nitrogen and oxygen atoms in total. The summed E-state index contributed by atoms with van der Waals surface area (Å²) in [6, 6.07) is 10.6. The van der Waals surface area contributed by atoms with Gasteiger partial charge in [-0.1, -0.05) is 38.5 Å². The summed E-state index contributed by atoms with van der Waals surface area (Å²) in [5.41, 5.74) is 1.24. The van der Waals surface area contributed by atoms with Gasteiger partial charge in [0.2, 0.25) is 0 Å². The molecule has 18 heavy (non-hydrogen) atoms. The summed E-state index contributed by atoms with van der Waals surface area (Å²) >= 11 is 0. The first kappa shape index (κ1) is 13.0. The van der Waals surface area contributed by atoms with Crippen LogP contribution in [-0.4, -0.2) is 6.10 Å². The molecule has 1 aliphatic rings. The van der Waals surface area contributed by atoms with Gasteiger partial charge in [-0.25, -0.2) is 0 Å². The molecule has 2 heteroatoms. The monoisotopic (exact) mass is 243 g/mol. The summed E-state index contributed by atoms with van der Waals surface area (Å²) in [6.45, 7) is 4.34. The third-order valence-corrected chi connectivity index (χ3v) is 3.69. The number of ether oxygens (including phenoxy) is 1. The standard InChI is InChI=1S/C16H21NO/c1-12(2)14-8-4-6-10-16(14)18-15-9-5-3-7-13(15)11-17/h4,6,8,10,12-13,15H,3,5,7,9H2,1-2H3. The molecule has 2 atom stereocenters. The number of hydrogen-bond donors (Lipinski definition) is 0. The lowest BCUT2D eigenvalue weighted by Crippen LogP contribution is -2.29. The Balaban J connectivity index is 2.15. The molecule has 1 aromatic carbocycles. The molecule has 1 aromatic rings. The summed E-state index contributed by atoms with van der Waals surface area (Å²) in [4.78, 5) is 0. The Labute approximate surface area is 110 Å². The van der Waals surface area contributed by atoms with E-state index in [4.69, 9.17) is 4.74 Å². The molecule has 0 aromatic heterocycles. The molecule has 1 fully saturated rings. The summed E-state index contributed by atoms with van der Waals surface area (Å²) < 4.78 is 6.13. The lowest BCUT2D eigenvalue weighted by Gasteiger charge is -2.28. The van der Waals surface area contributed by atoms with Crippen molar-refractivity contribution in [1.29, 1.82) is 5.26 Å². The van der Waals surface area contributed by atoms with Gasteiger partial charge in [0, 0.05) is 0 Å². The van der Waals surface area contributed by atoms with Crippen LogP contribution in [0.5, 0.6) is 5.75 Å². The molecule has 1 aliphatic carbocycles. The van der Waals surface area contributed by atoms with E-state index in [0.717, 1.165) is 25.0 Å². The number of rotatable bonds is 3. The van der Waals surface area contributed by atoms with E-state index in [1.54, 1.807) is 0 Å². The molecular formula is C16H21NO. The van der Waals surface area contributed by atoms with Crippen molar-refractivity contribution < 1.29 is 4.74 Å². The molecule has 0 N–H and O–H groups in total. The van der Waals surface area contributed by atoms with Crippen LogP contribution in [0.15, 0.2) is 24.3 Å². The number of nitriles is 1. The maximum absolute atomic E-state index is 9.19. The van der Waals surface area contributed by atoms with Gasteiger partial charge >= 0.3 is 0 Å². The second kappa shape index (κ2) is 5.91. The number of nitrogens with zero attached hydrogens (tertiary/aromatic N) is 1. The second-order valence-corrected chi connectivity index (χ2v) is 5.37. The highest BCUT2D eigenvalue weighted by atomic mass is 16.5. The Kier molecular flexibility index (Phi) is 4.25. The van der Waals surface area contributed by atoms with Gasteiger partial charge < -0.3 is 4.74 Å². The molecule has 0 saturated heterocycles. The lowest BCUT2D eigenvalue weighted by molar-refractivity contribution is 0.118. The van der Waals surface area contributed by atoms with E-state index in [1.807, 2.05) is 18.2 Å². The largest absolute Gasteiger partial charge is 0.489 e. The van der Waals surface area contributed by atoms with Gasteiger partial charge in [-0.15, -0.1) is 0 Å². The minimum Gasteiger partial charge on any atom is -0.489 e. The minimum absolute atomic E-state index is 0.0546. The molecule has 0 heterocycles. The van der Waals surface area contributed by atoms with Crippen molar-refractivity contribution in [2.75, 3.05) is 0 Å². The van der Waals surface area contributed by atoms with Gasteiger partial charge in [0.25, 0.3) is 0 Å². The maximum Gasteiger partial charge on any atom is 0.123 e. The Morgan fingerprint density at radius 1 is 1.22 bits per heavy atom. The van der Waals surface area contributed by atoms with E-state index in [-0.39, 0.29) is 12.0 Å². The fraction of sp³-hybridized carbons (Fsp3) is 0.562. The Morgan fingerprint density at radius 3 is 2.67 bits per heavy atom. The zero-order valence-electron chi connectivity index (χ0n) is 11.2. The fourth-order valence-corrected chi connectivity index (χ4v) is 2.61. The average Bonchev–Trinajstić information content (AvgIpc) is 2.40. The quantitative estimate of drug-likeness (QED) is 0.794. The Bertz CT molecular complexity index is 433. The van der Waals surface area contributed by atoms with Crippen molar-refractivity contribution in [2.45, 2.75) is 51.6 Å². The van der Waals surface area contributed by atoms with E-state index in [0.29, 0.717) is 5.92 Å². The van der Waals surface area contributed by atoms with Gasteiger partial charge in [-0.05, 0) is 36.8 Å². The molecule has 2 unspecified atom stereocenters. The van der Waals surface area contributed by atoms with E-state index in [2.05, 4.69) is 26.0 Å². The molecule has 0 radical (unpaired) electrons. The van der Waals surface area contributed by atoms with Gasteiger partial charge in [-0.2, -0.15) is 5.26 Å². The summed E-state index contributed by atoms with van der Waals surface area (Å²) in [5.74, 6) is 1.46. The first-order valence-corrected chi connectivity index (χ1v) is 6.87. The fourth-order valence-electron chi connectivity index (χ4n) is 2.61. The molecule has 2 rings (SSSR count). The lowest BCUT2D eigenvalue weighted by atomic mass is 9.87. The first-order valence-electron chi connectivity index (χ1n) is 6.87. The molecule has 0 bridgehead atoms. The number of hydrogen-bond acceptors (Lipinski definition) is 2. The van der Waals surface area contributed by atoms with Crippen molar-refractivity contribution in [1.82, 2.24) is 0 Å². The van der Waals surface area contributed by atoms with Crippen LogP contribution in [0.1, 0.15) is 51.0 Å². The Morgan fingerprint density at radius 2 is 1.94 bits per heavy atom. The van der Waals surface area contributed by atoms with E-state index >= 15 is 0 Å². The van der Waals surface area contributed by atoms with Crippen molar-refractivity contribution in [3.8, 4) is 11.8 Å². The normalized spacial score (nSPS) is 23.7. The van der Waals surface area contributed by atoms with E-state index in [9.17, 15) is 5.26 Å². The Hall–Kier alpha value is -1.49. The van der Waals surface area contributed by atoms with E-state index in [1.165, 1.54) is 12.0 Å². The highest BCUT2D eigenvalue weighted by molar-refractivity contribution is 5.35. The van der Waals surface area contributed by atoms with Gasteiger partial charge in [0.1, 0.15) is 11.9 Å². The van der Waals surface area contributed by atoms with Crippen LogP contribution in [0.2, 0.25) is 0 Å². The highest BCUT2D eigenvalue weighted by Gasteiger charge is 2.27. The van der Waals surface area contributed by atoms with Crippen LogP contribution >= 0.6 is 0 Å². The van der Waals surface area contributed by atoms with Gasteiger partial charge in [0.15, 0.2) is 0 Å². The van der Waals surface area contributed by atoms with Crippen LogP contribution in [0, 0.1) is 17.2 Å². The smallest absolute Gasteiger partial charge is 0.123 e. The van der Waals surface area contributed by atoms with E-state index < -0.39 is 0 Å². The topological polar surface area (TPSA) is 33.0 Å². The highest BCUT2D eigenvalue weighted by Crippen LogP contribution is 2.32. The molecule has 0 amide bonds. The van der Waals surface area contributed by atoms with Crippen LogP contribution in [-0.2, 0) is 0 Å². The third-order valence-electron chi connectivity index (χ3n) is 3.69. The molecule has 96 valence electrons. The van der Waals surface area contributed by atoms with Crippen molar-refractivity contribution in [3.05, 3.63) is 29.8 Å². The van der Waals surface area contributed by atoms with Crippen molar-refractivity contribution in [2.24, 2.45) is 5.92 Å². The van der Waals surface area contributed by atoms with Crippen molar-refractivity contribution >= 4 is 0 Å².